The van der Waals surface area contributed by atoms with Gasteiger partial charge in [-0.1, -0.05) is 31.4 Å². The van der Waals surface area contributed by atoms with Crippen molar-refractivity contribution in [1.29, 1.82) is 0 Å². The summed E-state index contributed by atoms with van der Waals surface area (Å²) in [6.07, 6.45) is 5.39. The number of carbonyl (C=O) groups is 2. The molecule has 152 valence electrons. The molecular weight excluding hydrogens is 366 g/mol. The van der Waals surface area contributed by atoms with Crippen molar-refractivity contribution in [3.63, 3.8) is 0 Å². The molecule has 2 amide bonds. The maximum absolute atomic E-state index is 12.5. The molecule has 0 aliphatic heterocycles. The molecule has 0 atom stereocenters. The summed E-state index contributed by atoms with van der Waals surface area (Å²) in [6.45, 7) is 1.82. The second-order valence-corrected chi connectivity index (χ2v) is 7.27. The third kappa shape index (κ3) is 5.67. The van der Waals surface area contributed by atoms with Crippen LogP contribution in [0.25, 0.3) is 0 Å². The average molecular weight is 393 g/mol. The quantitative estimate of drug-likeness (QED) is 0.565. The van der Waals surface area contributed by atoms with Gasteiger partial charge in [-0.25, -0.2) is 5.43 Å². The van der Waals surface area contributed by atoms with Crippen molar-refractivity contribution < 1.29 is 14.3 Å². The van der Waals surface area contributed by atoms with E-state index >= 15 is 0 Å². The molecule has 0 bridgehead atoms. The molecule has 0 radical (unpaired) electrons. The van der Waals surface area contributed by atoms with Gasteiger partial charge >= 0.3 is 0 Å². The summed E-state index contributed by atoms with van der Waals surface area (Å²) in [7, 11) is 1.58. The highest BCUT2D eigenvalue weighted by Crippen LogP contribution is 2.25. The van der Waals surface area contributed by atoms with Crippen molar-refractivity contribution in [2.75, 3.05) is 12.4 Å². The number of benzene rings is 2. The Morgan fingerprint density at radius 1 is 1.00 bits per heavy atom. The first-order valence-electron chi connectivity index (χ1n) is 9.97. The molecule has 6 nitrogen and oxygen atoms in total. The molecule has 0 unspecified atom stereocenters. The van der Waals surface area contributed by atoms with Crippen molar-refractivity contribution in [2.24, 2.45) is 11.0 Å². The van der Waals surface area contributed by atoms with E-state index in [9.17, 15) is 9.59 Å². The normalized spacial score (nSPS) is 14.9. The fraction of sp³-hybridized carbons (Fsp3) is 0.348. The number of nitrogens with one attached hydrogen (secondary N) is 2. The lowest BCUT2D eigenvalue weighted by Crippen LogP contribution is -2.24. The minimum atomic E-state index is -0.297. The third-order valence-corrected chi connectivity index (χ3v) is 5.20. The molecule has 0 heterocycles. The Kier molecular flexibility index (Phi) is 7.00. The van der Waals surface area contributed by atoms with Crippen LogP contribution in [0.1, 0.15) is 54.9 Å². The molecule has 2 aromatic carbocycles. The Morgan fingerprint density at radius 3 is 2.41 bits per heavy atom. The van der Waals surface area contributed by atoms with E-state index < -0.39 is 0 Å². The minimum absolute atomic E-state index is 0.0873. The van der Waals surface area contributed by atoms with E-state index in [1.807, 2.05) is 31.2 Å². The van der Waals surface area contributed by atoms with Crippen molar-refractivity contribution >= 4 is 23.2 Å². The maximum atomic E-state index is 12.5. The Labute approximate surface area is 171 Å². The van der Waals surface area contributed by atoms with E-state index in [-0.39, 0.29) is 17.7 Å². The van der Waals surface area contributed by atoms with Crippen LogP contribution in [-0.2, 0) is 4.79 Å². The minimum Gasteiger partial charge on any atom is -0.497 e. The lowest BCUT2D eigenvalue weighted by Gasteiger charge is -2.20. The molecule has 29 heavy (non-hydrogen) atoms. The molecule has 1 aliphatic rings. The molecule has 1 saturated carbocycles. The van der Waals surface area contributed by atoms with Gasteiger partial charge in [0.05, 0.1) is 12.8 Å². The van der Waals surface area contributed by atoms with E-state index in [4.69, 9.17) is 4.74 Å². The fourth-order valence-corrected chi connectivity index (χ4v) is 3.44. The van der Waals surface area contributed by atoms with Crippen LogP contribution in [0.3, 0.4) is 0 Å². The maximum Gasteiger partial charge on any atom is 0.271 e. The van der Waals surface area contributed by atoms with Gasteiger partial charge < -0.3 is 10.1 Å². The monoisotopic (exact) mass is 393 g/mol. The number of rotatable bonds is 6. The van der Waals surface area contributed by atoms with Crippen LogP contribution in [0, 0.1) is 5.92 Å². The predicted molar refractivity (Wildman–Crippen MR) is 114 cm³/mol. The molecule has 1 aliphatic carbocycles. The summed E-state index contributed by atoms with van der Waals surface area (Å²) in [4.78, 5) is 24.7. The van der Waals surface area contributed by atoms with Crippen molar-refractivity contribution in [2.45, 2.75) is 39.0 Å². The summed E-state index contributed by atoms with van der Waals surface area (Å²) >= 11 is 0. The zero-order valence-electron chi connectivity index (χ0n) is 16.9. The van der Waals surface area contributed by atoms with E-state index in [0.29, 0.717) is 17.0 Å². The summed E-state index contributed by atoms with van der Waals surface area (Å²) in [5, 5.41) is 7.21. The van der Waals surface area contributed by atoms with E-state index in [0.717, 1.165) is 36.9 Å². The number of hydrazone groups is 1. The second kappa shape index (κ2) is 9.87. The van der Waals surface area contributed by atoms with Crippen LogP contribution in [-0.4, -0.2) is 24.6 Å². The fourth-order valence-electron chi connectivity index (χ4n) is 3.44. The lowest BCUT2D eigenvalue weighted by molar-refractivity contribution is -0.120. The third-order valence-electron chi connectivity index (χ3n) is 5.20. The van der Waals surface area contributed by atoms with Gasteiger partial charge in [0, 0.05) is 17.2 Å². The molecule has 0 saturated heterocycles. The molecule has 1 fully saturated rings. The van der Waals surface area contributed by atoms with E-state index in [1.165, 1.54) is 6.42 Å². The van der Waals surface area contributed by atoms with Gasteiger partial charge in [0.1, 0.15) is 5.75 Å². The highest BCUT2D eigenvalue weighted by Gasteiger charge is 2.21. The van der Waals surface area contributed by atoms with Crippen LogP contribution in [0.4, 0.5) is 5.69 Å². The summed E-state index contributed by atoms with van der Waals surface area (Å²) in [5.41, 5.74) is 5.30. The van der Waals surface area contributed by atoms with Crippen LogP contribution >= 0.6 is 0 Å². The Bertz CT molecular complexity index is 884. The SMILES string of the molecule is COc1ccc(C(=O)N/N=C(/C)c2cccc(NC(=O)C3CCCCC3)c2)cc1. The van der Waals surface area contributed by atoms with Gasteiger partial charge in [-0.05, 0) is 61.7 Å². The number of methoxy groups -OCH3 is 1. The van der Waals surface area contributed by atoms with Crippen LogP contribution in [0.15, 0.2) is 53.6 Å². The number of nitrogens with zero attached hydrogens (tertiary/aromatic N) is 1. The number of hydrogen-bond acceptors (Lipinski definition) is 4. The molecule has 3 rings (SSSR count). The lowest BCUT2D eigenvalue weighted by atomic mass is 9.88. The first-order valence-corrected chi connectivity index (χ1v) is 9.97. The zero-order chi connectivity index (χ0) is 20.6. The number of hydrogen-bond donors (Lipinski definition) is 2. The molecule has 6 heteroatoms. The van der Waals surface area contributed by atoms with Gasteiger partial charge in [-0.2, -0.15) is 5.10 Å². The number of anilines is 1. The molecule has 0 spiro atoms. The first-order chi connectivity index (χ1) is 14.1. The Hall–Kier alpha value is -3.15. The van der Waals surface area contributed by atoms with Crippen molar-refractivity contribution in [1.82, 2.24) is 5.43 Å². The van der Waals surface area contributed by atoms with Gasteiger partial charge in [0.2, 0.25) is 5.91 Å². The van der Waals surface area contributed by atoms with Crippen LogP contribution < -0.4 is 15.5 Å². The van der Waals surface area contributed by atoms with Gasteiger partial charge in [0.25, 0.3) is 5.91 Å². The number of amides is 2. The number of carbonyl (C=O) groups excluding carboxylic acids is 2. The standard InChI is InChI=1S/C23H27N3O3/c1-16(25-26-23(28)18-11-13-21(29-2)14-12-18)19-9-6-10-20(15-19)24-22(27)17-7-4-3-5-8-17/h6,9-15,17H,3-5,7-8H2,1-2H3,(H,24,27)(H,26,28)/b25-16-. The van der Waals surface area contributed by atoms with E-state index in [1.54, 1.807) is 31.4 Å². The predicted octanol–water partition coefficient (Wildman–Crippen LogP) is 4.37. The highest BCUT2D eigenvalue weighted by molar-refractivity contribution is 6.02. The van der Waals surface area contributed by atoms with Crippen molar-refractivity contribution in [3.05, 3.63) is 59.7 Å². The number of ether oxygens (including phenoxy) is 1. The Balaban J connectivity index is 1.62. The molecule has 0 aromatic heterocycles. The first kappa shape index (κ1) is 20.6. The molecular formula is C23H27N3O3. The molecule has 2 N–H and O–H groups in total. The Morgan fingerprint density at radius 2 is 1.72 bits per heavy atom. The van der Waals surface area contributed by atoms with Crippen LogP contribution in [0.2, 0.25) is 0 Å². The van der Waals surface area contributed by atoms with Crippen molar-refractivity contribution in [3.8, 4) is 5.75 Å². The molecule has 2 aromatic rings. The van der Waals surface area contributed by atoms with Gasteiger partial charge in [-0.15, -0.1) is 0 Å². The van der Waals surface area contributed by atoms with Gasteiger partial charge in [-0.3, -0.25) is 9.59 Å². The zero-order valence-corrected chi connectivity index (χ0v) is 16.9. The highest BCUT2D eigenvalue weighted by atomic mass is 16.5. The smallest absolute Gasteiger partial charge is 0.271 e. The topological polar surface area (TPSA) is 79.8 Å². The summed E-state index contributed by atoms with van der Waals surface area (Å²) in [6, 6.07) is 14.3. The summed E-state index contributed by atoms with van der Waals surface area (Å²) < 4.78 is 5.09. The van der Waals surface area contributed by atoms with Gasteiger partial charge in [0.15, 0.2) is 0 Å². The average Bonchev–Trinajstić information content (AvgIpc) is 2.78. The summed E-state index contributed by atoms with van der Waals surface area (Å²) in [5.74, 6) is 0.581. The van der Waals surface area contributed by atoms with Crippen LogP contribution in [0.5, 0.6) is 5.75 Å². The van der Waals surface area contributed by atoms with E-state index in [2.05, 4.69) is 15.8 Å². The second-order valence-electron chi connectivity index (χ2n) is 7.27. The largest absolute Gasteiger partial charge is 0.497 e.